The minimum Gasteiger partial charge on any atom is -0.463 e. The first-order valence-corrected chi connectivity index (χ1v) is 12.5. The van der Waals surface area contributed by atoms with E-state index in [9.17, 15) is 14.4 Å². The molecule has 0 N–H and O–H groups in total. The number of ketones is 1. The standard InChI is InChI=1S/C26H40O6/c1-16(27)31-14-24(29)23-8-7-21-20-6-5-18-13-19(32-17(2)28)9-12-26(18,15-30-4)22(20)10-11-25(21,23)3/h18-23H,5-15H2,1-4H3/t18?,19?,20-,21-,22-,23+,25-,26+/m0/s1. The highest BCUT2D eigenvalue weighted by atomic mass is 16.5. The molecule has 4 aliphatic rings. The summed E-state index contributed by atoms with van der Waals surface area (Å²) < 4.78 is 16.5. The molecule has 0 amide bonds. The van der Waals surface area contributed by atoms with E-state index in [2.05, 4.69) is 6.92 Å². The number of Topliss-reactive ketones (excluding diaryl/α,β-unsaturated/α-hetero) is 1. The number of esters is 2. The van der Waals surface area contributed by atoms with Gasteiger partial charge in [-0.2, -0.15) is 0 Å². The fourth-order valence-corrected chi connectivity index (χ4v) is 8.70. The molecule has 6 heteroatoms. The van der Waals surface area contributed by atoms with Crippen molar-refractivity contribution in [2.75, 3.05) is 20.3 Å². The van der Waals surface area contributed by atoms with Gasteiger partial charge in [0.15, 0.2) is 5.78 Å². The maximum absolute atomic E-state index is 12.9. The van der Waals surface area contributed by atoms with Crippen LogP contribution in [0, 0.1) is 40.4 Å². The summed E-state index contributed by atoms with van der Waals surface area (Å²) in [7, 11) is 1.82. The van der Waals surface area contributed by atoms with Crippen molar-refractivity contribution in [3.05, 3.63) is 0 Å². The van der Waals surface area contributed by atoms with Crippen LogP contribution in [0.2, 0.25) is 0 Å². The van der Waals surface area contributed by atoms with Gasteiger partial charge in [-0.15, -0.1) is 0 Å². The van der Waals surface area contributed by atoms with Crippen molar-refractivity contribution in [1.29, 1.82) is 0 Å². The van der Waals surface area contributed by atoms with Crippen LogP contribution < -0.4 is 0 Å². The quantitative estimate of drug-likeness (QED) is 0.563. The van der Waals surface area contributed by atoms with Gasteiger partial charge in [0.25, 0.3) is 0 Å². The number of fused-ring (bicyclic) bond motifs is 5. The Kier molecular flexibility index (Phi) is 6.73. The van der Waals surface area contributed by atoms with Gasteiger partial charge in [-0.1, -0.05) is 6.92 Å². The molecular weight excluding hydrogens is 408 g/mol. The average Bonchev–Trinajstić information content (AvgIpc) is 3.09. The molecule has 4 saturated carbocycles. The number of carbonyl (C=O) groups is 3. The summed E-state index contributed by atoms with van der Waals surface area (Å²) in [6, 6.07) is 0. The third-order valence-corrected chi connectivity index (χ3v) is 9.87. The lowest BCUT2D eigenvalue weighted by molar-refractivity contribution is -0.174. The van der Waals surface area contributed by atoms with Crippen molar-refractivity contribution >= 4 is 17.7 Å². The lowest BCUT2D eigenvalue weighted by Gasteiger charge is -2.61. The first-order valence-electron chi connectivity index (χ1n) is 12.5. The molecule has 8 atom stereocenters. The molecule has 180 valence electrons. The van der Waals surface area contributed by atoms with Gasteiger partial charge >= 0.3 is 11.9 Å². The predicted molar refractivity (Wildman–Crippen MR) is 119 cm³/mol. The van der Waals surface area contributed by atoms with Gasteiger partial charge < -0.3 is 14.2 Å². The Morgan fingerprint density at radius 1 is 0.906 bits per heavy atom. The largest absolute Gasteiger partial charge is 0.463 e. The number of carbonyl (C=O) groups excluding carboxylic acids is 3. The number of hydrogen-bond acceptors (Lipinski definition) is 6. The monoisotopic (exact) mass is 448 g/mol. The summed E-state index contributed by atoms with van der Waals surface area (Å²) >= 11 is 0. The van der Waals surface area contributed by atoms with Gasteiger partial charge in [0.2, 0.25) is 0 Å². The van der Waals surface area contributed by atoms with Crippen LogP contribution in [0.25, 0.3) is 0 Å². The molecule has 0 aliphatic heterocycles. The van der Waals surface area contributed by atoms with Gasteiger partial charge in [-0.05, 0) is 92.3 Å². The molecule has 0 aromatic heterocycles. The van der Waals surface area contributed by atoms with Crippen molar-refractivity contribution in [1.82, 2.24) is 0 Å². The van der Waals surface area contributed by atoms with Crippen molar-refractivity contribution in [3.63, 3.8) is 0 Å². The Morgan fingerprint density at radius 3 is 2.38 bits per heavy atom. The Labute approximate surface area is 192 Å². The van der Waals surface area contributed by atoms with E-state index in [0.717, 1.165) is 58.0 Å². The summed E-state index contributed by atoms with van der Waals surface area (Å²) in [5.41, 5.74) is 0.171. The third kappa shape index (κ3) is 4.01. The Balaban J connectivity index is 1.53. The van der Waals surface area contributed by atoms with Crippen LogP contribution in [0.3, 0.4) is 0 Å². The van der Waals surface area contributed by atoms with Crippen LogP contribution in [-0.4, -0.2) is 44.1 Å². The first-order chi connectivity index (χ1) is 15.2. The van der Waals surface area contributed by atoms with Gasteiger partial charge in [-0.25, -0.2) is 0 Å². The van der Waals surface area contributed by atoms with Crippen LogP contribution in [0.15, 0.2) is 0 Å². The summed E-state index contributed by atoms with van der Waals surface area (Å²) in [6.45, 7) is 5.90. The van der Waals surface area contributed by atoms with Crippen LogP contribution in [-0.2, 0) is 28.6 Å². The lowest BCUT2D eigenvalue weighted by atomic mass is 9.44. The van der Waals surface area contributed by atoms with E-state index in [4.69, 9.17) is 14.2 Å². The van der Waals surface area contributed by atoms with E-state index in [0.29, 0.717) is 23.7 Å². The van der Waals surface area contributed by atoms with Crippen LogP contribution >= 0.6 is 0 Å². The van der Waals surface area contributed by atoms with Gasteiger partial charge in [0.05, 0.1) is 6.61 Å². The second-order valence-electron chi connectivity index (χ2n) is 11.2. The summed E-state index contributed by atoms with van der Waals surface area (Å²) in [5, 5.41) is 0. The Hall–Kier alpha value is -1.43. The van der Waals surface area contributed by atoms with Crippen molar-refractivity contribution in [3.8, 4) is 0 Å². The van der Waals surface area contributed by atoms with E-state index in [1.165, 1.54) is 20.3 Å². The smallest absolute Gasteiger partial charge is 0.303 e. The minimum atomic E-state index is -0.383. The maximum atomic E-state index is 12.9. The van der Waals surface area contributed by atoms with E-state index in [1.54, 1.807) is 0 Å². The van der Waals surface area contributed by atoms with E-state index < -0.39 is 0 Å². The van der Waals surface area contributed by atoms with Crippen molar-refractivity contribution in [2.24, 2.45) is 40.4 Å². The topological polar surface area (TPSA) is 78.9 Å². The molecule has 4 fully saturated rings. The maximum Gasteiger partial charge on any atom is 0.303 e. The molecule has 0 aromatic rings. The zero-order valence-electron chi connectivity index (χ0n) is 20.2. The van der Waals surface area contributed by atoms with Crippen LogP contribution in [0.5, 0.6) is 0 Å². The zero-order valence-corrected chi connectivity index (χ0v) is 20.2. The van der Waals surface area contributed by atoms with Crippen molar-refractivity contribution in [2.45, 2.75) is 84.7 Å². The van der Waals surface area contributed by atoms with Crippen LogP contribution in [0.4, 0.5) is 0 Å². The van der Waals surface area contributed by atoms with E-state index in [-0.39, 0.29) is 47.2 Å². The summed E-state index contributed by atoms with van der Waals surface area (Å²) in [5.74, 6) is 1.87. The fraction of sp³-hybridized carbons (Fsp3) is 0.885. The SMILES string of the molecule is COC[C@]12CCC(OC(C)=O)CC1CC[C@@H]1[C@@H]2CC[C@]2(C)[C@@H](C(=O)COC(C)=O)CC[C@@H]12. The van der Waals surface area contributed by atoms with Crippen LogP contribution in [0.1, 0.15) is 78.6 Å². The second-order valence-corrected chi connectivity index (χ2v) is 11.2. The molecule has 4 rings (SSSR count). The average molecular weight is 449 g/mol. The van der Waals surface area contributed by atoms with E-state index in [1.807, 2.05) is 7.11 Å². The minimum absolute atomic E-state index is 0.00333. The molecule has 0 spiro atoms. The first kappa shape index (κ1) is 23.7. The van der Waals surface area contributed by atoms with Crippen molar-refractivity contribution < 1.29 is 28.6 Å². The number of ether oxygens (including phenoxy) is 3. The molecule has 2 unspecified atom stereocenters. The molecule has 6 nitrogen and oxygen atoms in total. The molecule has 4 aliphatic carbocycles. The molecule has 0 aromatic carbocycles. The second kappa shape index (κ2) is 9.08. The fourth-order valence-electron chi connectivity index (χ4n) is 8.70. The third-order valence-electron chi connectivity index (χ3n) is 9.87. The van der Waals surface area contributed by atoms with E-state index >= 15 is 0 Å². The molecule has 0 bridgehead atoms. The molecule has 0 heterocycles. The predicted octanol–water partition coefficient (Wildman–Crippen LogP) is 4.34. The highest BCUT2D eigenvalue weighted by molar-refractivity contribution is 5.85. The molecule has 32 heavy (non-hydrogen) atoms. The van der Waals surface area contributed by atoms with Gasteiger partial charge in [0.1, 0.15) is 12.7 Å². The number of hydrogen-bond donors (Lipinski definition) is 0. The molecule has 0 saturated heterocycles. The lowest BCUT2D eigenvalue weighted by Crippen LogP contribution is -2.57. The number of rotatable bonds is 6. The Bertz CT molecular complexity index is 749. The summed E-state index contributed by atoms with van der Waals surface area (Å²) in [6.07, 6.45) is 9.53. The van der Waals surface area contributed by atoms with Gasteiger partial charge in [-0.3, -0.25) is 14.4 Å². The van der Waals surface area contributed by atoms with Gasteiger partial charge in [0, 0.05) is 26.9 Å². The zero-order chi connectivity index (χ0) is 23.1. The molecule has 0 radical (unpaired) electrons. The highest BCUT2D eigenvalue weighted by Gasteiger charge is 2.62. The highest BCUT2D eigenvalue weighted by Crippen LogP contribution is 2.67. The molecular formula is C26H40O6. The normalized spacial score (nSPS) is 42.9. The number of methoxy groups -OCH3 is 1. The summed E-state index contributed by atoms with van der Waals surface area (Å²) in [4.78, 5) is 35.7. The Morgan fingerprint density at radius 2 is 1.69 bits per heavy atom.